The highest BCUT2D eigenvalue weighted by Crippen LogP contribution is 2.21. The second-order valence-electron chi connectivity index (χ2n) is 4.14. The van der Waals surface area contributed by atoms with Crippen LogP contribution in [-0.2, 0) is 11.2 Å². The second kappa shape index (κ2) is 6.67. The number of carbonyl (C=O) groups excluding carboxylic acids is 2. The third kappa shape index (κ3) is 3.91. The first-order chi connectivity index (χ1) is 9.58. The fourth-order valence-corrected chi connectivity index (χ4v) is 2.75. The molecule has 0 aliphatic carbocycles. The fourth-order valence-electron chi connectivity index (χ4n) is 1.61. The number of benzene rings is 1. The first kappa shape index (κ1) is 14.7. The molecule has 104 valence electrons. The predicted octanol–water partition coefficient (Wildman–Crippen LogP) is 3.05. The Hall–Kier alpha value is -1.66. The second-order valence-corrected chi connectivity index (χ2v) is 6.43. The SMILES string of the molecule is CNC(=O)Cc1ccc(NC(=O)c2csc(Br)c2)cc1. The summed E-state index contributed by atoms with van der Waals surface area (Å²) in [6.07, 6.45) is 0.336. The normalized spacial score (nSPS) is 10.1. The van der Waals surface area contributed by atoms with E-state index in [1.807, 2.05) is 12.1 Å². The monoisotopic (exact) mass is 352 g/mol. The van der Waals surface area contributed by atoms with Crippen molar-refractivity contribution in [3.8, 4) is 0 Å². The van der Waals surface area contributed by atoms with E-state index in [1.165, 1.54) is 11.3 Å². The lowest BCUT2D eigenvalue weighted by Crippen LogP contribution is -2.19. The molecule has 6 heteroatoms. The minimum absolute atomic E-state index is 0.0371. The Labute approximate surface area is 129 Å². The molecule has 20 heavy (non-hydrogen) atoms. The standard InChI is InChI=1S/C14H13BrN2O2S/c1-16-13(18)6-9-2-4-11(5-3-9)17-14(19)10-7-12(15)20-8-10/h2-5,7-8H,6H2,1H3,(H,16,18)(H,17,19). The summed E-state index contributed by atoms with van der Waals surface area (Å²) in [5.74, 6) is -0.184. The molecule has 2 amide bonds. The van der Waals surface area contributed by atoms with Crippen LogP contribution in [0.4, 0.5) is 5.69 Å². The molecule has 1 aromatic carbocycles. The van der Waals surface area contributed by atoms with Gasteiger partial charge in [0, 0.05) is 18.1 Å². The Bertz CT molecular complexity index is 622. The van der Waals surface area contributed by atoms with Crippen LogP contribution in [0.1, 0.15) is 15.9 Å². The summed E-state index contributed by atoms with van der Waals surface area (Å²) in [6.45, 7) is 0. The van der Waals surface area contributed by atoms with Crippen molar-refractivity contribution in [3.63, 3.8) is 0 Å². The minimum atomic E-state index is -0.147. The molecule has 0 saturated heterocycles. The maximum absolute atomic E-state index is 11.9. The Kier molecular flexibility index (Phi) is 4.92. The van der Waals surface area contributed by atoms with E-state index in [4.69, 9.17) is 0 Å². The van der Waals surface area contributed by atoms with Gasteiger partial charge in [-0.25, -0.2) is 0 Å². The van der Waals surface area contributed by atoms with Crippen molar-refractivity contribution in [2.45, 2.75) is 6.42 Å². The highest BCUT2D eigenvalue weighted by Gasteiger charge is 2.08. The molecule has 4 nitrogen and oxygen atoms in total. The van der Waals surface area contributed by atoms with Crippen molar-refractivity contribution in [3.05, 3.63) is 50.6 Å². The number of halogens is 1. The molecule has 0 aliphatic rings. The van der Waals surface area contributed by atoms with Crippen LogP contribution in [0.5, 0.6) is 0 Å². The first-order valence-electron chi connectivity index (χ1n) is 5.93. The summed E-state index contributed by atoms with van der Waals surface area (Å²) in [7, 11) is 1.61. The molecule has 2 rings (SSSR count). The van der Waals surface area contributed by atoms with Gasteiger partial charge in [0.15, 0.2) is 0 Å². The Morgan fingerprint density at radius 3 is 2.50 bits per heavy atom. The molecule has 1 heterocycles. The van der Waals surface area contributed by atoms with Crippen molar-refractivity contribution in [1.29, 1.82) is 0 Å². The van der Waals surface area contributed by atoms with E-state index in [9.17, 15) is 9.59 Å². The summed E-state index contributed by atoms with van der Waals surface area (Å²) >= 11 is 4.79. The molecule has 0 saturated carbocycles. The molecule has 0 fully saturated rings. The Balaban J connectivity index is 2.00. The van der Waals surface area contributed by atoms with Crippen LogP contribution in [0.3, 0.4) is 0 Å². The van der Waals surface area contributed by atoms with Gasteiger partial charge in [-0.05, 0) is 39.7 Å². The minimum Gasteiger partial charge on any atom is -0.359 e. The van der Waals surface area contributed by atoms with Gasteiger partial charge in [-0.3, -0.25) is 9.59 Å². The van der Waals surface area contributed by atoms with Gasteiger partial charge >= 0.3 is 0 Å². The zero-order chi connectivity index (χ0) is 14.5. The summed E-state index contributed by atoms with van der Waals surface area (Å²) in [5, 5.41) is 7.18. The first-order valence-corrected chi connectivity index (χ1v) is 7.60. The number of hydrogen-bond acceptors (Lipinski definition) is 3. The number of thiophene rings is 1. The van der Waals surface area contributed by atoms with E-state index in [1.54, 1.807) is 30.6 Å². The number of likely N-dealkylation sites (N-methyl/N-ethyl adjacent to an activating group) is 1. The molecule has 0 aliphatic heterocycles. The summed E-state index contributed by atoms with van der Waals surface area (Å²) in [6, 6.07) is 9.01. The van der Waals surface area contributed by atoms with E-state index in [-0.39, 0.29) is 11.8 Å². The molecule has 0 bridgehead atoms. The van der Waals surface area contributed by atoms with Gasteiger partial charge in [-0.15, -0.1) is 11.3 Å². The van der Waals surface area contributed by atoms with Gasteiger partial charge in [-0.1, -0.05) is 12.1 Å². The molecule has 0 unspecified atom stereocenters. The van der Waals surface area contributed by atoms with Crippen molar-refractivity contribution < 1.29 is 9.59 Å². The predicted molar refractivity (Wildman–Crippen MR) is 84.2 cm³/mol. The average molecular weight is 353 g/mol. The van der Waals surface area contributed by atoms with Crippen molar-refractivity contribution in [1.82, 2.24) is 5.32 Å². The van der Waals surface area contributed by atoms with Crippen LogP contribution < -0.4 is 10.6 Å². The zero-order valence-corrected chi connectivity index (χ0v) is 13.2. The van der Waals surface area contributed by atoms with Crippen LogP contribution in [0.25, 0.3) is 0 Å². The lowest BCUT2D eigenvalue weighted by molar-refractivity contribution is -0.119. The molecular weight excluding hydrogens is 340 g/mol. The number of carbonyl (C=O) groups is 2. The lowest BCUT2D eigenvalue weighted by Gasteiger charge is -2.05. The molecule has 1 aromatic heterocycles. The Morgan fingerprint density at radius 1 is 1.25 bits per heavy atom. The van der Waals surface area contributed by atoms with Crippen LogP contribution in [0.15, 0.2) is 39.5 Å². The third-order valence-electron chi connectivity index (χ3n) is 2.68. The molecular formula is C14H13BrN2O2S. The van der Waals surface area contributed by atoms with Crippen LogP contribution in [-0.4, -0.2) is 18.9 Å². The van der Waals surface area contributed by atoms with E-state index >= 15 is 0 Å². The number of rotatable bonds is 4. The molecule has 2 N–H and O–H groups in total. The maximum Gasteiger partial charge on any atom is 0.256 e. The van der Waals surface area contributed by atoms with Gasteiger partial charge in [0.05, 0.1) is 15.8 Å². The van der Waals surface area contributed by atoms with E-state index in [0.29, 0.717) is 17.7 Å². The third-order valence-corrected chi connectivity index (χ3v) is 4.19. The number of hydrogen-bond donors (Lipinski definition) is 2. The van der Waals surface area contributed by atoms with Crippen molar-refractivity contribution >= 4 is 44.8 Å². The molecule has 0 radical (unpaired) electrons. The van der Waals surface area contributed by atoms with Gasteiger partial charge in [0.25, 0.3) is 5.91 Å². The molecule has 0 atom stereocenters. The maximum atomic E-state index is 11.9. The van der Waals surface area contributed by atoms with Crippen LogP contribution in [0.2, 0.25) is 0 Å². The summed E-state index contributed by atoms with van der Waals surface area (Å²) < 4.78 is 0.920. The largest absolute Gasteiger partial charge is 0.359 e. The Morgan fingerprint density at radius 2 is 1.95 bits per heavy atom. The van der Waals surface area contributed by atoms with E-state index in [0.717, 1.165) is 9.35 Å². The van der Waals surface area contributed by atoms with E-state index in [2.05, 4.69) is 26.6 Å². The summed E-state index contributed by atoms with van der Waals surface area (Å²) in [4.78, 5) is 23.2. The zero-order valence-electron chi connectivity index (χ0n) is 10.8. The molecule has 0 spiro atoms. The molecule has 2 aromatic rings. The van der Waals surface area contributed by atoms with Gasteiger partial charge in [-0.2, -0.15) is 0 Å². The lowest BCUT2D eigenvalue weighted by atomic mass is 10.1. The van der Waals surface area contributed by atoms with Gasteiger partial charge in [0.1, 0.15) is 0 Å². The van der Waals surface area contributed by atoms with Crippen LogP contribution in [0, 0.1) is 0 Å². The quantitative estimate of drug-likeness (QED) is 0.888. The summed E-state index contributed by atoms with van der Waals surface area (Å²) in [5.41, 5.74) is 2.23. The highest BCUT2D eigenvalue weighted by atomic mass is 79.9. The van der Waals surface area contributed by atoms with Crippen LogP contribution >= 0.6 is 27.3 Å². The smallest absolute Gasteiger partial charge is 0.256 e. The van der Waals surface area contributed by atoms with Gasteiger partial charge < -0.3 is 10.6 Å². The highest BCUT2D eigenvalue weighted by molar-refractivity contribution is 9.11. The van der Waals surface area contributed by atoms with Gasteiger partial charge in [0.2, 0.25) is 5.91 Å². The fraction of sp³-hybridized carbons (Fsp3) is 0.143. The van der Waals surface area contributed by atoms with Crippen molar-refractivity contribution in [2.75, 3.05) is 12.4 Å². The topological polar surface area (TPSA) is 58.2 Å². The van der Waals surface area contributed by atoms with Crippen molar-refractivity contribution in [2.24, 2.45) is 0 Å². The number of nitrogens with one attached hydrogen (secondary N) is 2. The number of amides is 2. The average Bonchev–Trinajstić information content (AvgIpc) is 2.87. The van der Waals surface area contributed by atoms with E-state index < -0.39 is 0 Å². The number of anilines is 1.